The highest BCUT2D eigenvalue weighted by Crippen LogP contribution is 2.20. The zero-order valence-corrected chi connectivity index (χ0v) is 19.2. The standard InChI is InChI=1S/C20H36N4O5S/c1-5-12(4)16(20(28)29)23-17(25)14(10-30)22-18(26)15-7-6-8-24(15)19(27)13(21)9-11(2)3/h11-16,30H,5-10,21H2,1-4H3,(H,22,26)(H,23,25)(H,28,29). The Morgan fingerprint density at radius 3 is 2.33 bits per heavy atom. The smallest absolute Gasteiger partial charge is 0.326 e. The Bertz CT molecular complexity index is 630. The van der Waals surface area contributed by atoms with Gasteiger partial charge in [-0.1, -0.05) is 34.1 Å². The van der Waals surface area contributed by atoms with Crippen LogP contribution in [0.25, 0.3) is 0 Å². The Morgan fingerprint density at radius 1 is 1.20 bits per heavy atom. The van der Waals surface area contributed by atoms with E-state index in [1.165, 1.54) is 4.90 Å². The Balaban J connectivity index is 2.80. The van der Waals surface area contributed by atoms with Gasteiger partial charge in [0.05, 0.1) is 6.04 Å². The van der Waals surface area contributed by atoms with E-state index in [1.807, 2.05) is 20.8 Å². The van der Waals surface area contributed by atoms with Crippen LogP contribution in [-0.4, -0.2) is 70.2 Å². The van der Waals surface area contributed by atoms with Crippen molar-refractivity contribution in [3.05, 3.63) is 0 Å². The fourth-order valence-electron chi connectivity index (χ4n) is 3.52. The van der Waals surface area contributed by atoms with E-state index in [1.54, 1.807) is 6.92 Å². The molecule has 1 aliphatic rings. The summed E-state index contributed by atoms with van der Waals surface area (Å²) in [5.74, 6) is -2.49. The van der Waals surface area contributed by atoms with Crippen molar-refractivity contribution in [3.8, 4) is 0 Å². The molecule has 0 aromatic heterocycles. The topological polar surface area (TPSA) is 142 Å². The average Bonchev–Trinajstić information content (AvgIpc) is 3.17. The molecular formula is C20H36N4O5S. The van der Waals surface area contributed by atoms with Crippen molar-refractivity contribution >= 4 is 36.3 Å². The molecule has 5 N–H and O–H groups in total. The fraction of sp³-hybridized carbons (Fsp3) is 0.800. The monoisotopic (exact) mass is 444 g/mol. The van der Waals surface area contributed by atoms with Gasteiger partial charge in [-0.15, -0.1) is 0 Å². The number of aliphatic carboxylic acids is 1. The van der Waals surface area contributed by atoms with Gasteiger partial charge in [0.1, 0.15) is 18.1 Å². The number of nitrogens with one attached hydrogen (secondary N) is 2. The third kappa shape index (κ3) is 7.16. The molecule has 0 saturated carbocycles. The zero-order valence-electron chi connectivity index (χ0n) is 18.3. The van der Waals surface area contributed by atoms with Gasteiger partial charge in [0, 0.05) is 12.3 Å². The number of carbonyl (C=O) groups is 4. The van der Waals surface area contributed by atoms with E-state index in [2.05, 4.69) is 23.3 Å². The quantitative estimate of drug-likeness (QED) is 0.292. The summed E-state index contributed by atoms with van der Waals surface area (Å²) in [7, 11) is 0. The lowest BCUT2D eigenvalue weighted by Crippen LogP contribution is -2.57. The molecule has 0 aromatic rings. The van der Waals surface area contributed by atoms with E-state index < -0.39 is 42.0 Å². The second-order valence-electron chi connectivity index (χ2n) is 8.38. The van der Waals surface area contributed by atoms with Crippen LogP contribution < -0.4 is 16.4 Å². The Hall–Kier alpha value is -1.81. The number of hydrogen-bond acceptors (Lipinski definition) is 6. The minimum Gasteiger partial charge on any atom is -0.480 e. The second-order valence-corrected chi connectivity index (χ2v) is 8.74. The maximum Gasteiger partial charge on any atom is 0.326 e. The molecule has 1 saturated heterocycles. The molecule has 5 atom stereocenters. The molecule has 9 nitrogen and oxygen atoms in total. The van der Waals surface area contributed by atoms with Crippen LogP contribution in [0, 0.1) is 11.8 Å². The van der Waals surface area contributed by atoms with Gasteiger partial charge in [-0.05, 0) is 31.1 Å². The fourth-order valence-corrected chi connectivity index (χ4v) is 3.78. The highest BCUT2D eigenvalue weighted by molar-refractivity contribution is 7.80. The second kappa shape index (κ2) is 12.1. The number of thiol groups is 1. The van der Waals surface area contributed by atoms with Gasteiger partial charge in [-0.25, -0.2) is 4.79 Å². The van der Waals surface area contributed by atoms with Gasteiger partial charge in [0.25, 0.3) is 0 Å². The summed E-state index contributed by atoms with van der Waals surface area (Å²) in [5, 5.41) is 14.5. The van der Waals surface area contributed by atoms with Crippen molar-refractivity contribution in [2.75, 3.05) is 12.3 Å². The lowest BCUT2D eigenvalue weighted by molar-refractivity contribution is -0.144. The van der Waals surface area contributed by atoms with E-state index >= 15 is 0 Å². The summed E-state index contributed by atoms with van der Waals surface area (Å²) >= 11 is 4.13. The number of likely N-dealkylation sites (tertiary alicyclic amines) is 1. The molecule has 0 bridgehead atoms. The first-order valence-electron chi connectivity index (χ1n) is 10.5. The van der Waals surface area contributed by atoms with Gasteiger partial charge < -0.3 is 26.4 Å². The Labute approximate surface area is 183 Å². The number of carbonyl (C=O) groups excluding carboxylic acids is 3. The van der Waals surface area contributed by atoms with Crippen LogP contribution in [-0.2, 0) is 19.2 Å². The molecule has 1 rings (SSSR count). The molecular weight excluding hydrogens is 408 g/mol. The Morgan fingerprint density at radius 2 is 1.83 bits per heavy atom. The SMILES string of the molecule is CCC(C)C(NC(=O)C(CS)NC(=O)C1CCCN1C(=O)C(N)CC(C)C)C(=O)O. The van der Waals surface area contributed by atoms with Crippen LogP contribution in [0.3, 0.4) is 0 Å². The molecule has 3 amide bonds. The van der Waals surface area contributed by atoms with Gasteiger partial charge in [-0.2, -0.15) is 12.6 Å². The van der Waals surface area contributed by atoms with Gasteiger partial charge >= 0.3 is 5.97 Å². The van der Waals surface area contributed by atoms with Gasteiger partial charge in [-0.3, -0.25) is 14.4 Å². The maximum atomic E-state index is 12.8. The summed E-state index contributed by atoms with van der Waals surface area (Å²) in [6, 6.07) is -3.43. The molecule has 30 heavy (non-hydrogen) atoms. The normalized spacial score (nSPS) is 20.4. The van der Waals surface area contributed by atoms with Crippen LogP contribution in [0.4, 0.5) is 0 Å². The Kier molecular flexibility index (Phi) is 10.6. The van der Waals surface area contributed by atoms with E-state index in [0.717, 1.165) is 0 Å². The number of amides is 3. The number of nitrogens with two attached hydrogens (primary N) is 1. The minimum atomic E-state index is -1.13. The lowest BCUT2D eigenvalue weighted by Gasteiger charge is -2.29. The first-order chi connectivity index (χ1) is 14.0. The van der Waals surface area contributed by atoms with Crippen molar-refractivity contribution in [2.45, 2.75) is 77.5 Å². The molecule has 0 spiro atoms. The third-order valence-corrected chi connectivity index (χ3v) is 5.84. The molecule has 1 aliphatic heterocycles. The lowest BCUT2D eigenvalue weighted by atomic mass is 9.99. The molecule has 1 fully saturated rings. The highest BCUT2D eigenvalue weighted by atomic mass is 32.1. The van der Waals surface area contributed by atoms with Crippen LogP contribution in [0.1, 0.15) is 53.4 Å². The summed E-state index contributed by atoms with van der Waals surface area (Å²) < 4.78 is 0. The van der Waals surface area contributed by atoms with Gasteiger partial charge in [0.15, 0.2) is 0 Å². The summed E-state index contributed by atoms with van der Waals surface area (Å²) in [6.07, 6.45) is 2.25. The number of rotatable bonds is 11. The van der Waals surface area contributed by atoms with E-state index in [4.69, 9.17) is 5.73 Å². The van der Waals surface area contributed by atoms with E-state index in [0.29, 0.717) is 32.2 Å². The molecule has 10 heteroatoms. The predicted octanol–water partition coefficient (Wildman–Crippen LogP) is 0.381. The third-order valence-electron chi connectivity index (χ3n) is 5.47. The molecule has 5 unspecified atom stereocenters. The van der Waals surface area contributed by atoms with Crippen molar-refractivity contribution in [1.82, 2.24) is 15.5 Å². The minimum absolute atomic E-state index is 0.00204. The van der Waals surface area contributed by atoms with Crippen molar-refractivity contribution in [2.24, 2.45) is 17.6 Å². The van der Waals surface area contributed by atoms with E-state index in [-0.39, 0.29) is 23.5 Å². The maximum absolute atomic E-state index is 12.8. The van der Waals surface area contributed by atoms with Crippen LogP contribution >= 0.6 is 12.6 Å². The van der Waals surface area contributed by atoms with Crippen molar-refractivity contribution in [3.63, 3.8) is 0 Å². The molecule has 0 radical (unpaired) electrons. The van der Waals surface area contributed by atoms with Gasteiger partial charge in [0.2, 0.25) is 17.7 Å². The van der Waals surface area contributed by atoms with E-state index in [9.17, 15) is 24.3 Å². The number of hydrogen-bond donors (Lipinski definition) is 5. The predicted molar refractivity (Wildman–Crippen MR) is 117 cm³/mol. The molecule has 172 valence electrons. The van der Waals surface area contributed by atoms with Crippen molar-refractivity contribution < 1.29 is 24.3 Å². The zero-order chi connectivity index (χ0) is 23.0. The largest absolute Gasteiger partial charge is 0.480 e. The first-order valence-corrected chi connectivity index (χ1v) is 11.2. The first kappa shape index (κ1) is 26.2. The average molecular weight is 445 g/mol. The van der Waals surface area contributed by atoms with Crippen LogP contribution in [0.5, 0.6) is 0 Å². The van der Waals surface area contributed by atoms with Crippen LogP contribution in [0.15, 0.2) is 0 Å². The molecule has 1 heterocycles. The molecule has 0 aliphatic carbocycles. The highest BCUT2D eigenvalue weighted by Gasteiger charge is 2.38. The van der Waals surface area contributed by atoms with Crippen molar-refractivity contribution in [1.29, 1.82) is 0 Å². The van der Waals surface area contributed by atoms with Crippen LogP contribution in [0.2, 0.25) is 0 Å². The summed E-state index contributed by atoms with van der Waals surface area (Å²) in [5.41, 5.74) is 6.01. The number of carboxylic acid groups (broad SMARTS) is 1. The number of carboxylic acids is 1. The summed E-state index contributed by atoms with van der Waals surface area (Å²) in [6.45, 7) is 7.95. The summed E-state index contributed by atoms with van der Waals surface area (Å²) in [4.78, 5) is 51.0. The number of nitrogens with zero attached hydrogens (tertiary/aromatic N) is 1. The molecule has 0 aromatic carbocycles.